The van der Waals surface area contributed by atoms with E-state index in [1.54, 1.807) is 6.07 Å². The van der Waals surface area contributed by atoms with Crippen LogP contribution in [0.2, 0.25) is 5.02 Å². The summed E-state index contributed by atoms with van der Waals surface area (Å²) in [7, 11) is -4.11. The zero-order valence-electron chi connectivity index (χ0n) is 14.7. The molecular weight excluding hydrogens is 423 g/mol. The van der Waals surface area contributed by atoms with E-state index in [0.717, 1.165) is 49.3 Å². The third-order valence-corrected chi connectivity index (χ3v) is 6.91. The van der Waals surface area contributed by atoms with Gasteiger partial charge in [-0.3, -0.25) is 4.57 Å². The maximum atomic E-state index is 11.0. The second-order valence-electron chi connectivity index (χ2n) is 6.32. The highest BCUT2D eigenvalue weighted by Gasteiger charge is 2.17. The van der Waals surface area contributed by atoms with Gasteiger partial charge in [-0.1, -0.05) is 35.5 Å². The molecule has 1 saturated heterocycles. The number of morpholine rings is 1. The van der Waals surface area contributed by atoms with Crippen LogP contribution in [0.1, 0.15) is 0 Å². The van der Waals surface area contributed by atoms with Gasteiger partial charge >= 0.3 is 7.60 Å². The first kappa shape index (κ1) is 19.7. The Balaban J connectivity index is 1.59. The smallest absolute Gasteiger partial charge is 0.335 e. The molecule has 1 fully saturated rings. The molecule has 0 spiro atoms. The van der Waals surface area contributed by atoms with Crippen LogP contribution in [0.25, 0.3) is 22.4 Å². The summed E-state index contributed by atoms with van der Waals surface area (Å²) in [6.07, 6.45) is 0. The van der Waals surface area contributed by atoms with Crippen LogP contribution in [0.15, 0.2) is 35.5 Å². The first-order valence-electron chi connectivity index (χ1n) is 8.56. The van der Waals surface area contributed by atoms with Crippen molar-refractivity contribution in [1.82, 2.24) is 15.0 Å². The summed E-state index contributed by atoms with van der Waals surface area (Å²) in [6, 6.07) is 9.75. The number of aromatic amines is 1. The van der Waals surface area contributed by atoms with Crippen molar-refractivity contribution < 1.29 is 19.1 Å². The number of halogens is 1. The second kappa shape index (κ2) is 8.02. The van der Waals surface area contributed by atoms with Crippen molar-refractivity contribution in [2.24, 2.45) is 0 Å². The minimum atomic E-state index is -4.11. The van der Waals surface area contributed by atoms with Crippen molar-refractivity contribution in [3.8, 4) is 11.3 Å². The number of hydrogen-bond acceptors (Lipinski definition) is 6. The lowest BCUT2D eigenvalue weighted by Crippen LogP contribution is -2.36. The van der Waals surface area contributed by atoms with Gasteiger partial charge in [-0.15, -0.1) is 0 Å². The molecule has 4 rings (SSSR count). The third-order valence-electron chi connectivity index (χ3n) is 4.29. The van der Waals surface area contributed by atoms with Gasteiger partial charge in [-0.2, -0.15) is 0 Å². The lowest BCUT2D eigenvalue weighted by Gasteiger charge is -2.28. The van der Waals surface area contributed by atoms with Crippen LogP contribution in [0.3, 0.4) is 0 Å². The van der Waals surface area contributed by atoms with Crippen LogP contribution in [-0.4, -0.2) is 56.5 Å². The van der Waals surface area contributed by atoms with Crippen LogP contribution in [-0.2, 0) is 9.30 Å². The molecular formula is C17H18ClN4O4PS. The van der Waals surface area contributed by atoms with Gasteiger partial charge in [0, 0.05) is 24.3 Å². The summed E-state index contributed by atoms with van der Waals surface area (Å²) < 4.78 is 16.4. The molecule has 0 aliphatic carbocycles. The number of ether oxygens (including phenoxy) is 1. The standard InChI is InChI=1S/C17H18ClN4O4PS/c18-13-9-14-16(21-17(19-14)28-10-27(23,24)25)20-15(13)11-1-3-12(4-2-11)22-5-7-26-8-6-22/h1-4,9H,5-8,10H2,(H,19,20,21)(H2,23,24,25). The topological polar surface area (TPSA) is 112 Å². The van der Waals surface area contributed by atoms with Gasteiger partial charge in [0.25, 0.3) is 0 Å². The Labute approximate surface area is 170 Å². The highest BCUT2D eigenvalue weighted by molar-refractivity contribution is 8.04. The van der Waals surface area contributed by atoms with E-state index < -0.39 is 7.60 Å². The van der Waals surface area contributed by atoms with E-state index in [9.17, 15) is 4.57 Å². The molecule has 0 unspecified atom stereocenters. The van der Waals surface area contributed by atoms with E-state index in [4.69, 9.17) is 26.1 Å². The Hall–Kier alpha value is -1.61. The summed E-state index contributed by atoms with van der Waals surface area (Å²) in [5.74, 6) is 0. The lowest BCUT2D eigenvalue weighted by molar-refractivity contribution is 0.122. The molecule has 0 radical (unpaired) electrons. The normalized spacial score (nSPS) is 15.3. The largest absolute Gasteiger partial charge is 0.378 e. The number of nitrogens with one attached hydrogen (secondary N) is 1. The van der Waals surface area contributed by atoms with Crippen molar-refractivity contribution in [2.45, 2.75) is 5.16 Å². The van der Waals surface area contributed by atoms with Gasteiger partial charge in [0.1, 0.15) is 5.49 Å². The summed E-state index contributed by atoms with van der Waals surface area (Å²) >= 11 is 7.37. The fraction of sp³-hybridized carbons (Fsp3) is 0.294. The monoisotopic (exact) mass is 440 g/mol. The molecule has 0 bridgehead atoms. The van der Waals surface area contributed by atoms with Crippen LogP contribution >= 0.6 is 31.0 Å². The fourth-order valence-electron chi connectivity index (χ4n) is 2.96. The first-order valence-corrected chi connectivity index (χ1v) is 11.7. The Morgan fingerprint density at radius 3 is 2.61 bits per heavy atom. The quantitative estimate of drug-likeness (QED) is 0.409. The molecule has 1 aliphatic heterocycles. The van der Waals surface area contributed by atoms with Gasteiger partial charge in [0.15, 0.2) is 10.8 Å². The molecule has 0 saturated carbocycles. The van der Waals surface area contributed by atoms with E-state index in [2.05, 4.69) is 19.9 Å². The summed E-state index contributed by atoms with van der Waals surface area (Å²) in [6.45, 7) is 3.19. The van der Waals surface area contributed by atoms with Gasteiger partial charge in [0.05, 0.1) is 29.4 Å². The van der Waals surface area contributed by atoms with Gasteiger partial charge in [-0.25, -0.2) is 9.97 Å². The SMILES string of the molecule is O=P(O)(O)CSc1nc2nc(-c3ccc(N4CCOCC4)cc3)c(Cl)cc2[nH]1. The van der Waals surface area contributed by atoms with E-state index in [-0.39, 0.29) is 5.49 Å². The number of H-pyrrole nitrogens is 1. The highest BCUT2D eigenvalue weighted by atomic mass is 35.5. The molecule has 3 heterocycles. The average molecular weight is 441 g/mol. The van der Waals surface area contributed by atoms with E-state index >= 15 is 0 Å². The summed E-state index contributed by atoms with van der Waals surface area (Å²) in [5, 5.41) is 0.864. The molecule has 8 nitrogen and oxygen atoms in total. The molecule has 3 aromatic rings. The average Bonchev–Trinajstić information content (AvgIpc) is 3.08. The van der Waals surface area contributed by atoms with Crippen LogP contribution in [0.5, 0.6) is 0 Å². The minimum absolute atomic E-state index is 0.351. The van der Waals surface area contributed by atoms with Crippen molar-refractivity contribution >= 4 is 47.8 Å². The molecule has 11 heteroatoms. The molecule has 0 amide bonds. The van der Waals surface area contributed by atoms with E-state index in [1.807, 2.05) is 24.3 Å². The fourth-order valence-corrected chi connectivity index (χ4v) is 4.72. The predicted molar refractivity (Wildman–Crippen MR) is 110 cm³/mol. The van der Waals surface area contributed by atoms with Crippen LogP contribution < -0.4 is 4.90 Å². The number of benzene rings is 1. The van der Waals surface area contributed by atoms with Crippen LogP contribution in [0, 0.1) is 0 Å². The second-order valence-corrected chi connectivity index (χ2v) is 9.76. The minimum Gasteiger partial charge on any atom is -0.378 e. The Morgan fingerprint density at radius 1 is 1.21 bits per heavy atom. The zero-order valence-corrected chi connectivity index (χ0v) is 17.2. The maximum Gasteiger partial charge on any atom is 0.335 e. The number of thioether (sulfide) groups is 1. The third kappa shape index (κ3) is 4.51. The molecule has 1 aromatic carbocycles. The molecule has 1 aliphatic rings. The van der Waals surface area contributed by atoms with Crippen LogP contribution in [0.4, 0.5) is 5.69 Å². The number of nitrogens with zero attached hydrogens (tertiary/aromatic N) is 3. The van der Waals surface area contributed by atoms with Crippen molar-refractivity contribution in [3.05, 3.63) is 35.4 Å². The number of anilines is 1. The molecule has 3 N–H and O–H groups in total. The number of aromatic nitrogens is 3. The number of fused-ring (bicyclic) bond motifs is 1. The Bertz CT molecular complexity index is 1030. The lowest BCUT2D eigenvalue weighted by atomic mass is 10.1. The number of pyridine rings is 1. The van der Waals surface area contributed by atoms with Gasteiger partial charge < -0.3 is 24.4 Å². The first-order chi connectivity index (χ1) is 13.4. The van der Waals surface area contributed by atoms with Crippen molar-refractivity contribution in [2.75, 3.05) is 36.7 Å². The predicted octanol–water partition coefficient (Wildman–Crippen LogP) is 3.34. The van der Waals surface area contributed by atoms with Crippen molar-refractivity contribution in [1.29, 1.82) is 0 Å². The van der Waals surface area contributed by atoms with E-state index in [1.165, 1.54) is 0 Å². The molecule has 0 atom stereocenters. The highest BCUT2D eigenvalue weighted by Crippen LogP contribution is 2.41. The zero-order chi connectivity index (χ0) is 19.7. The number of rotatable bonds is 5. The van der Waals surface area contributed by atoms with Crippen molar-refractivity contribution in [3.63, 3.8) is 0 Å². The summed E-state index contributed by atoms with van der Waals surface area (Å²) in [5.41, 5.74) is 3.32. The Morgan fingerprint density at radius 2 is 1.93 bits per heavy atom. The van der Waals surface area contributed by atoms with Gasteiger partial charge in [-0.05, 0) is 18.2 Å². The maximum absolute atomic E-state index is 11.0. The molecule has 148 valence electrons. The number of hydrogen-bond donors (Lipinski definition) is 3. The molecule has 28 heavy (non-hydrogen) atoms. The Kier molecular flexibility index (Phi) is 5.64. The van der Waals surface area contributed by atoms with E-state index in [0.29, 0.717) is 27.0 Å². The summed E-state index contributed by atoms with van der Waals surface area (Å²) in [4.78, 5) is 32.1. The number of imidazole rings is 1. The molecule has 2 aromatic heterocycles. The van der Waals surface area contributed by atoms with Gasteiger partial charge in [0.2, 0.25) is 0 Å².